The van der Waals surface area contributed by atoms with Crippen LogP contribution >= 0.6 is 0 Å². The first-order valence-electron chi connectivity index (χ1n) is 8.28. The van der Waals surface area contributed by atoms with Crippen LogP contribution in [0.5, 0.6) is 11.5 Å². The van der Waals surface area contributed by atoms with E-state index in [1.807, 2.05) is 6.07 Å². The Balaban J connectivity index is 1.74. The van der Waals surface area contributed by atoms with Gasteiger partial charge in [0, 0.05) is 5.69 Å². The van der Waals surface area contributed by atoms with Crippen molar-refractivity contribution < 1.29 is 14.3 Å². The standard InChI is InChI=1S/C20H17N5O3/c1-27-15-7-4-8-16(28-2)19(15)20(26)23-18-10-9-17(24-25-18)22-14-6-3-5-13(11-14)12-21/h3-11H,1-2H3,(H,22,24)(H,23,25,26). The number of amides is 1. The minimum absolute atomic E-state index is 0.268. The molecule has 140 valence electrons. The second-order valence-corrected chi connectivity index (χ2v) is 5.61. The topological polar surface area (TPSA) is 109 Å². The molecule has 0 aliphatic rings. The smallest absolute Gasteiger partial charge is 0.264 e. The number of methoxy groups -OCH3 is 2. The normalized spacial score (nSPS) is 9.89. The molecule has 3 aromatic rings. The molecule has 0 saturated carbocycles. The Morgan fingerprint density at radius 1 is 0.964 bits per heavy atom. The minimum Gasteiger partial charge on any atom is -0.496 e. The van der Waals surface area contributed by atoms with Gasteiger partial charge in [-0.25, -0.2) is 0 Å². The van der Waals surface area contributed by atoms with Crippen LogP contribution in [0.4, 0.5) is 17.3 Å². The fraction of sp³-hybridized carbons (Fsp3) is 0.100. The molecule has 0 saturated heterocycles. The number of nitriles is 1. The van der Waals surface area contributed by atoms with Gasteiger partial charge >= 0.3 is 0 Å². The predicted molar refractivity (Wildman–Crippen MR) is 104 cm³/mol. The Morgan fingerprint density at radius 2 is 1.61 bits per heavy atom. The largest absolute Gasteiger partial charge is 0.496 e. The molecule has 2 aromatic carbocycles. The van der Waals surface area contributed by atoms with Gasteiger partial charge in [0.25, 0.3) is 5.91 Å². The number of hydrogen-bond donors (Lipinski definition) is 2. The van der Waals surface area contributed by atoms with E-state index in [1.165, 1.54) is 14.2 Å². The molecule has 0 bridgehead atoms. The Bertz CT molecular complexity index is 1010. The summed E-state index contributed by atoms with van der Waals surface area (Å²) in [7, 11) is 2.96. The molecule has 1 heterocycles. The lowest BCUT2D eigenvalue weighted by atomic mass is 10.1. The number of anilines is 3. The summed E-state index contributed by atoms with van der Waals surface area (Å²) in [4.78, 5) is 12.6. The van der Waals surface area contributed by atoms with E-state index >= 15 is 0 Å². The van der Waals surface area contributed by atoms with E-state index in [0.717, 1.165) is 0 Å². The van der Waals surface area contributed by atoms with Crippen molar-refractivity contribution in [3.8, 4) is 17.6 Å². The van der Waals surface area contributed by atoms with Crippen LogP contribution in [0.15, 0.2) is 54.6 Å². The zero-order valence-electron chi connectivity index (χ0n) is 15.3. The minimum atomic E-state index is -0.425. The van der Waals surface area contributed by atoms with Crippen molar-refractivity contribution in [2.24, 2.45) is 0 Å². The summed E-state index contributed by atoms with van der Waals surface area (Å²) in [5, 5.41) is 22.7. The van der Waals surface area contributed by atoms with E-state index in [4.69, 9.17) is 14.7 Å². The van der Waals surface area contributed by atoms with Gasteiger partial charge in [0.15, 0.2) is 11.6 Å². The predicted octanol–water partition coefficient (Wildman–Crippen LogP) is 3.36. The van der Waals surface area contributed by atoms with Gasteiger partial charge in [0.1, 0.15) is 17.1 Å². The second-order valence-electron chi connectivity index (χ2n) is 5.61. The molecule has 0 aliphatic heterocycles. The molecule has 1 aromatic heterocycles. The van der Waals surface area contributed by atoms with Gasteiger partial charge in [0.2, 0.25) is 0 Å². The average Bonchev–Trinajstić information content (AvgIpc) is 2.74. The van der Waals surface area contributed by atoms with Gasteiger partial charge < -0.3 is 20.1 Å². The maximum absolute atomic E-state index is 12.6. The number of nitrogens with zero attached hydrogens (tertiary/aromatic N) is 3. The monoisotopic (exact) mass is 375 g/mol. The first kappa shape index (κ1) is 18.7. The number of aromatic nitrogens is 2. The van der Waals surface area contributed by atoms with Gasteiger partial charge in [-0.05, 0) is 42.5 Å². The van der Waals surface area contributed by atoms with Gasteiger partial charge in [-0.1, -0.05) is 12.1 Å². The lowest BCUT2D eigenvalue weighted by Gasteiger charge is -2.12. The van der Waals surface area contributed by atoms with E-state index in [2.05, 4.69) is 26.9 Å². The fourth-order valence-electron chi connectivity index (χ4n) is 2.53. The lowest BCUT2D eigenvalue weighted by molar-refractivity contribution is 0.102. The van der Waals surface area contributed by atoms with Gasteiger partial charge in [0.05, 0.1) is 25.9 Å². The summed E-state index contributed by atoms with van der Waals surface area (Å²) < 4.78 is 10.5. The molecule has 2 N–H and O–H groups in total. The van der Waals surface area contributed by atoms with E-state index in [-0.39, 0.29) is 11.4 Å². The van der Waals surface area contributed by atoms with Crippen molar-refractivity contribution in [2.45, 2.75) is 0 Å². The van der Waals surface area contributed by atoms with Crippen LogP contribution < -0.4 is 20.1 Å². The zero-order chi connectivity index (χ0) is 19.9. The van der Waals surface area contributed by atoms with Crippen molar-refractivity contribution in [1.82, 2.24) is 10.2 Å². The number of rotatable bonds is 6. The summed E-state index contributed by atoms with van der Waals surface area (Å²) in [6.07, 6.45) is 0. The number of hydrogen-bond acceptors (Lipinski definition) is 7. The van der Waals surface area contributed by atoms with E-state index in [9.17, 15) is 4.79 Å². The third-order valence-corrected chi connectivity index (χ3v) is 3.83. The number of ether oxygens (including phenoxy) is 2. The second kappa shape index (κ2) is 8.51. The Kier molecular flexibility index (Phi) is 5.67. The Morgan fingerprint density at radius 3 is 2.21 bits per heavy atom. The maximum Gasteiger partial charge on any atom is 0.264 e. The first-order valence-corrected chi connectivity index (χ1v) is 8.28. The summed E-state index contributed by atoms with van der Waals surface area (Å²) >= 11 is 0. The molecule has 0 atom stereocenters. The van der Waals surface area contributed by atoms with Gasteiger partial charge in [-0.2, -0.15) is 5.26 Å². The van der Waals surface area contributed by atoms with Crippen molar-refractivity contribution >= 4 is 23.2 Å². The van der Waals surface area contributed by atoms with Crippen molar-refractivity contribution in [2.75, 3.05) is 24.9 Å². The highest BCUT2D eigenvalue weighted by Crippen LogP contribution is 2.28. The molecule has 28 heavy (non-hydrogen) atoms. The molecule has 0 aliphatic carbocycles. The molecule has 8 heteroatoms. The van der Waals surface area contributed by atoms with Crippen molar-refractivity contribution in [3.05, 3.63) is 65.7 Å². The molecular formula is C20H17N5O3. The third-order valence-electron chi connectivity index (χ3n) is 3.83. The molecule has 0 radical (unpaired) electrons. The van der Waals surface area contributed by atoms with Crippen LogP contribution in [0, 0.1) is 11.3 Å². The fourth-order valence-corrected chi connectivity index (χ4v) is 2.53. The molecule has 3 rings (SSSR count). The lowest BCUT2D eigenvalue weighted by Crippen LogP contribution is -2.15. The quantitative estimate of drug-likeness (QED) is 0.680. The van der Waals surface area contributed by atoms with E-state index < -0.39 is 5.91 Å². The van der Waals surface area contributed by atoms with Crippen LogP contribution in [0.1, 0.15) is 15.9 Å². The third kappa shape index (κ3) is 4.16. The molecule has 0 unspecified atom stereocenters. The van der Waals surface area contributed by atoms with Crippen LogP contribution in [0.2, 0.25) is 0 Å². The highest BCUT2D eigenvalue weighted by atomic mass is 16.5. The summed E-state index contributed by atoms with van der Waals surface area (Å²) in [6.45, 7) is 0. The SMILES string of the molecule is COc1cccc(OC)c1C(=O)Nc1ccc(Nc2cccc(C#N)c2)nn1. The van der Waals surface area contributed by atoms with E-state index in [1.54, 1.807) is 48.5 Å². The Labute approximate surface area is 161 Å². The molecule has 0 fully saturated rings. The molecule has 1 amide bonds. The van der Waals surface area contributed by atoms with Crippen LogP contribution in [-0.2, 0) is 0 Å². The van der Waals surface area contributed by atoms with Gasteiger partial charge in [-0.3, -0.25) is 4.79 Å². The highest BCUT2D eigenvalue weighted by Gasteiger charge is 2.18. The number of benzene rings is 2. The maximum atomic E-state index is 12.6. The van der Waals surface area contributed by atoms with Crippen LogP contribution in [-0.4, -0.2) is 30.3 Å². The van der Waals surface area contributed by atoms with Gasteiger partial charge in [-0.15, -0.1) is 10.2 Å². The van der Waals surface area contributed by atoms with Crippen molar-refractivity contribution in [1.29, 1.82) is 5.26 Å². The van der Waals surface area contributed by atoms with Crippen LogP contribution in [0.3, 0.4) is 0 Å². The Hall–Kier alpha value is -4.12. The van der Waals surface area contributed by atoms with Crippen LogP contribution in [0.25, 0.3) is 0 Å². The molecule has 0 spiro atoms. The molecular weight excluding hydrogens is 358 g/mol. The molecule has 8 nitrogen and oxygen atoms in total. The summed E-state index contributed by atoms with van der Waals surface area (Å²) in [5.41, 5.74) is 1.52. The average molecular weight is 375 g/mol. The first-order chi connectivity index (χ1) is 13.6. The van der Waals surface area contributed by atoms with Crippen molar-refractivity contribution in [3.63, 3.8) is 0 Å². The summed E-state index contributed by atoms with van der Waals surface area (Å²) in [5.74, 6) is 1.10. The zero-order valence-corrected chi connectivity index (χ0v) is 15.3. The number of carbonyl (C=O) groups excluding carboxylic acids is 1. The van der Waals surface area contributed by atoms with E-state index in [0.29, 0.717) is 28.6 Å². The highest BCUT2D eigenvalue weighted by molar-refractivity contribution is 6.07. The number of carbonyl (C=O) groups is 1. The summed E-state index contributed by atoms with van der Waals surface area (Å²) in [6, 6.07) is 17.4. The number of nitrogens with one attached hydrogen (secondary N) is 2.